The third kappa shape index (κ3) is 3.79. The van der Waals surface area contributed by atoms with Crippen molar-refractivity contribution in [1.29, 1.82) is 0 Å². The smallest absolute Gasteiger partial charge is 0.260 e. The summed E-state index contributed by atoms with van der Waals surface area (Å²) in [5.41, 5.74) is 1.70. The van der Waals surface area contributed by atoms with Crippen molar-refractivity contribution in [3.63, 3.8) is 0 Å². The van der Waals surface area contributed by atoms with Crippen LogP contribution in [0.25, 0.3) is 22.2 Å². The quantitative estimate of drug-likeness (QED) is 0.387. The van der Waals surface area contributed by atoms with E-state index >= 15 is 0 Å². The van der Waals surface area contributed by atoms with Gasteiger partial charge in [-0.05, 0) is 37.3 Å². The maximum atomic E-state index is 13.6. The number of thioether (sulfide) groups is 1. The Kier molecular flexibility index (Phi) is 5.92. The monoisotopic (exact) mass is 497 g/mol. The van der Waals surface area contributed by atoms with E-state index in [0.717, 1.165) is 9.86 Å². The molecule has 0 atom stereocenters. The molecule has 0 aliphatic carbocycles. The average molecular weight is 499 g/mol. The number of fused-ring (bicyclic) bond motifs is 1. The van der Waals surface area contributed by atoms with Gasteiger partial charge in [0.25, 0.3) is 5.56 Å². The molecule has 0 radical (unpaired) electrons. The highest BCUT2D eigenvalue weighted by Gasteiger charge is 2.25. The molecule has 1 aliphatic heterocycles. The highest BCUT2D eigenvalue weighted by molar-refractivity contribution is 9.10. The fraction of sp³-hybridized carbons (Fsp3) is 0.316. The number of nitrogens with zero attached hydrogens (tertiary/aromatic N) is 3. The number of hydrogen-bond donors (Lipinski definition) is 0. The summed E-state index contributed by atoms with van der Waals surface area (Å²) in [5.74, 6) is 1.20. The SMILES string of the molecule is CSc1ncc2cc(-c3ccc(Br)cc3Cl)c(=O)n(C3CCS(=O)CC3)c2n1. The molecule has 5 nitrogen and oxygen atoms in total. The Morgan fingerprint density at radius 2 is 2.00 bits per heavy atom. The summed E-state index contributed by atoms with van der Waals surface area (Å²) in [6.07, 6.45) is 5.04. The van der Waals surface area contributed by atoms with Gasteiger partial charge < -0.3 is 0 Å². The van der Waals surface area contributed by atoms with E-state index in [9.17, 15) is 9.00 Å². The molecule has 1 saturated heterocycles. The third-order valence-electron chi connectivity index (χ3n) is 4.88. The molecular formula is C19H17BrClN3O2S2. The van der Waals surface area contributed by atoms with Crippen LogP contribution in [-0.4, -0.2) is 36.5 Å². The van der Waals surface area contributed by atoms with Crippen molar-refractivity contribution in [3.05, 3.63) is 50.3 Å². The molecule has 1 aliphatic rings. The summed E-state index contributed by atoms with van der Waals surface area (Å²) in [4.78, 5) is 22.5. The van der Waals surface area contributed by atoms with Crippen LogP contribution in [0.1, 0.15) is 18.9 Å². The van der Waals surface area contributed by atoms with Gasteiger partial charge in [-0.3, -0.25) is 13.6 Å². The summed E-state index contributed by atoms with van der Waals surface area (Å²) in [5, 5.41) is 1.91. The van der Waals surface area contributed by atoms with Crippen molar-refractivity contribution in [2.75, 3.05) is 17.8 Å². The van der Waals surface area contributed by atoms with Gasteiger partial charge in [0.1, 0.15) is 5.65 Å². The Morgan fingerprint density at radius 3 is 2.68 bits per heavy atom. The first-order valence-electron chi connectivity index (χ1n) is 8.74. The summed E-state index contributed by atoms with van der Waals surface area (Å²) in [6.45, 7) is 0. The normalized spacial score (nSPS) is 19.8. The van der Waals surface area contributed by atoms with E-state index in [0.29, 0.717) is 51.3 Å². The van der Waals surface area contributed by atoms with E-state index in [2.05, 4.69) is 25.9 Å². The molecule has 3 heterocycles. The first-order valence-corrected chi connectivity index (χ1v) is 12.6. The standard InChI is InChI=1S/C19H17BrClN3O2S2/c1-27-19-22-10-11-8-15(14-3-2-12(20)9-16(14)21)18(25)24(17(11)23-19)13-4-6-28(26)7-5-13/h2-3,8-10,13H,4-7H2,1H3. The lowest BCUT2D eigenvalue weighted by Crippen LogP contribution is -2.31. The zero-order valence-corrected chi connectivity index (χ0v) is 19.0. The lowest BCUT2D eigenvalue weighted by atomic mass is 10.0. The number of hydrogen-bond acceptors (Lipinski definition) is 5. The van der Waals surface area contributed by atoms with Gasteiger partial charge in [0.05, 0.1) is 0 Å². The highest BCUT2D eigenvalue weighted by Crippen LogP contribution is 2.32. The maximum Gasteiger partial charge on any atom is 0.260 e. The molecule has 9 heteroatoms. The van der Waals surface area contributed by atoms with Gasteiger partial charge in [0.2, 0.25) is 0 Å². The molecule has 0 unspecified atom stereocenters. The van der Waals surface area contributed by atoms with Crippen LogP contribution in [-0.2, 0) is 10.8 Å². The zero-order chi connectivity index (χ0) is 19.8. The first-order chi connectivity index (χ1) is 13.5. The van der Waals surface area contributed by atoms with Crippen molar-refractivity contribution in [1.82, 2.24) is 14.5 Å². The minimum atomic E-state index is -0.807. The summed E-state index contributed by atoms with van der Waals surface area (Å²) >= 11 is 11.3. The van der Waals surface area contributed by atoms with E-state index < -0.39 is 10.8 Å². The molecule has 4 rings (SSSR count). The van der Waals surface area contributed by atoms with Crippen LogP contribution >= 0.6 is 39.3 Å². The Balaban J connectivity index is 1.99. The number of halogens is 2. The molecule has 0 bridgehead atoms. The van der Waals surface area contributed by atoms with Gasteiger partial charge in [0, 0.05) is 60.6 Å². The molecule has 0 N–H and O–H groups in total. The second-order valence-corrected chi connectivity index (χ2v) is 10.4. The maximum absolute atomic E-state index is 13.6. The number of pyridine rings is 1. The predicted octanol–water partition coefficient (Wildman–Crippen LogP) is 4.68. The molecule has 0 spiro atoms. The van der Waals surface area contributed by atoms with E-state index in [1.165, 1.54) is 11.8 Å². The van der Waals surface area contributed by atoms with E-state index in [1.54, 1.807) is 16.8 Å². The number of aromatic nitrogens is 3. The Labute approximate surface area is 182 Å². The van der Waals surface area contributed by atoms with Crippen molar-refractivity contribution in [3.8, 4) is 11.1 Å². The van der Waals surface area contributed by atoms with E-state index in [-0.39, 0.29) is 11.6 Å². The zero-order valence-electron chi connectivity index (χ0n) is 15.0. The minimum Gasteiger partial charge on any atom is -0.289 e. The van der Waals surface area contributed by atoms with E-state index in [4.69, 9.17) is 11.6 Å². The number of benzene rings is 1. The van der Waals surface area contributed by atoms with E-state index in [1.807, 2.05) is 24.5 Å². The predicted molar refractivity (Wildman–Crippen MR) is 120 cm³/mol. The summed E-state index contributed by atoms with van der Waals surface area (Å²) in [7, 11) is -0.807. The largest absolute Gasteiger partial charge is 0.289 e. The second kappa shape index (κ2) is 8.26. The van der Waals surface area contributed by atoms with Gasteiger partial charge in [-0.2, -0.15) is 0 Å². The van der Waals surface area contributed by atoms with Gasteiger partial charge in [-0.1, -0.05) is 45.4 Å². The van der Waals surface area contributed by atoms with Crippen LogP contribution in [0.5, 0.6) is 0 Å². The Hall–Kier alpha value is -1.22. The molecule has 0 amide bonds. The lowest BCUT2D eigenvalue weighted by molar-refractivity contribution is 0.460. The first kappa shape index (κ1) is 20.1. The van der Waals surface area contributed by atoms with Crippen molar-refractivity contribution in [2.24, 2.45) is 0 Å². The average Bonchev–Trinajstić information content (AvgIpc) is 2.68. The Morgan fingerprint density at radius 1 is 1.25 bits per heavy atom. The molecule has 2 aromatic heterocycles. The molecule has 1 aromatic carbocycles. The van der Waals surface area contributed by atoms with Gasteiger partial charge >= 0.3 is 0 Å². The summed E-state index contributed by atoms with van der Waals surface area (Å²) in [6, 6.07) is 7.26. The fourth-order valence-corrected chi connectivity index (χ4v) is 5.87. The fourth-order valence-electron chi connectivity index (χ4n) is 3.48. The third-order valence-corrected chi connectivity index (χ3v) is 7.63. The molecule has 28 heavy (non-hydrogen) atoms. The number of rotatable bonds is 3. The van der Waals surface area contributed by atoms with Gasteiger partial charge in [0.15, 0.2) is 5.16 Å². The molecule has 146 valence electrons. The van der Waals surface area contributed by atoms with Crippen LogP contribution in [0.2, 0.25) is 5.02 Å². The minimum absolute atomic E-state index is 0.0357. The Bertz CT molecular complexity index is 1140. The van der Waals surface area contributed by atoms with Crippen molar-refractivity contribution < 1.29 is 4.21 Å². The molecule has 3 aromatic rings. The van der Waals surface area contributed by atoms with Crippen LogP contribution in [0.3, 0.4) is 0 Å². The van der Waals surface area contributed by atoms with Gasteiger partial charge in [-0.15, -0.1) is 0 Å². The molecule has 1 fully saturated rings. The molecular weight excluding hydrogens is 482 g/mol. The van der Waals surface area contributed by atoms with Gasteiger partial charge in [-0.25, -0.2) is 9.97 Å². The highest BCUT2D eigenvalue weighted by atomic mass is 79.9. The van der Waals surface area contributed by atoms with Crippen LogP contribution in [0, 0.1) is 0 Å². The lowest BCUT2D eigenvalue weighted by Gasteiger charge is -2.25. The van der Waals surface area contributed by atoms with Crippen LogP contribution in [0.4, 0.5) is 0 Å². The van der Waals surface area contributed by atoms with Crippen LogP contribution in [0.15, 0.2) is 44.9 Å². The van der Waals surface area contributed by atoms with Crippen LogP contribution < -0.4 is 5.56 Å². The van der Waals surface area contributed by atoms with Crippen molar-refractivity contribution in [2.45, 2.75) is 24.0 Å². The molecule has 0 saturated carbocycles. The van der Waals surface area contributed by atoms with Crippen molar-refractivity contribution >= 4 is 61.1 Å². The second-order valence-electron chi connectivity index (χ2n) is 6.57. The topological polar surface area (TPSA) is 64.8 Å². The summed E-state index contributed by atoms with van der Waals surface area (Å²) < 4.78 is 14.4.